The zero-order valence-corrected chi connectivity index (χ0v) is 21.4. The van der Waals surface area contributed by atoms with Gasteiger partial charge in [-0.1, -0.05) is 36.7 Å². The molecule has 0 spiro atoms. The first-order valence-electron chi connectivity index (χ1n) is 10.9. The van der Waals surface area contributed by atoms with Crippen LogP contribution in [0.1, 0.15) is 41.8 Å². The first kappa shape index (κ1) is 25.6. The van der Waals surface area contributed by atoms with Crippen LogP contribution in [0.3, 0.4) is 0 Å². The maximum Gasteiger partial charge on any atom is 0.271 e. The summed E-state index contributed by atoms with van der Waals surface area (Å²) in [5.74, 6) is 1.53. The van der Waals surface area contributed by atoms with E-state index in [-0.39, 0.29) is 5.91 Å². The standard InChI is InChI=1S/C26H26BrClN2O4/c1-3-13-33-21-11-9-19(10-12-21)26(31)30-29-16-18-14-22(27)25(24(15-18)32-4-2)34-17-20-7-5-6-8-23(20)28/h5-12,14-16H,3-4,13,17H2,1-2H3,(H,30,31)/b29-16+. The summed E-state index contributed by atoms with van der Waals surface area (Å²) in [5.41, 5.74) is 4.62. The Morgan fingerprint density at radius 1 is 1.06 bits per heavy atom. The molecule has 0 saturated heterocycles. The molecule has 0 aliphatic heterocycles. The van der Waals surface area contributed by atoms with Crippen molar-refractivity contribution in [3.63, 3.8) is 0 Å². The molecule has 8 heteroatoms. The second-order valence-electron chi connectivity index (χ2n) is 7.22. The van der Waals surface area contributed by atoms with Crippen LogP contribution >= 0.6 is 27.5 Å². The molecule has 1 amide bonds. The highest BCUT2D eigenvalue weighted by molar-refractivity contribution is 9.10. The molecule has 0 atom stereocenters. The number of hydrazone groups is 1. The van der Waals surface area contributed by atoms with E-state index in [1.165, 1.54) is 0 Å². The number of amides is 1. The molecule has 6 nitrogen and oxygen atoms in total. The zero-order valence-electron chi connectivity index (χ0n) is 19.0. The predicted octanol–water partition coefficient (Wildman–Crippen LogP) is 6.63. The first-order valence-corrected chi connectivity index (χ1v) is 12.1. The van der Waals surface area contributed by atoms with E-state index in [0.29, 0.717) is 46.4 Å². The maximum atomic E-state index is 12.4. The number of hydrogen-bond donors (Lipinski definition) is 1. The third-order valence-corrected chi connectivity index (χ3v) is 5.59. The average Bonchev–Trinajstić information content (AvgIpc) is 2.83. The van der Waals surface area contributed by atoms with Gasteiger partial charge in [-0.05, 0) is 77.3 Å². The molecule has 1 N–H and O–H groups in total. The van der Waals surface area contributed by atoms with Crippen LogP contribution in [0.4, 0.5) is 0 Å². The predicted molar refractivity (Wildman–Crippen MR) is 138 cm³/mol. The van der Waals surface area contributed by atoms with Crippen molar-refractivity contribution < 1.29 is 19.0 Å². The van der Waals surface area contributed by atoms with Gasteiger partial charge in [-0.25, -0.2) is 5.43 Å². The van der Waals surface area contributed by atoms with Crippen LogP contribution in [0, 0.1) is 0 Å². The smallest absolute Gasteiger partial charge is 0.271 e. The number of carbonyl (C=O) groups excluding carboxylic acids is 1. The number of nitrogens with one attached hydrogen (secondary N) is 1. The van der Waals surface area contributed by atoms with Crippen molar-refractivity contribution in [1.82, 2.24) is 5.43 Å². The molecule has 178 valence electrons. The summed E-state index contributed by atoms with van der Waals surface area (Å²) in [4.78, 5) is 12.4. The summed E-state index contributed by atoms with van der Waals surface area (Å²) in [6.07, 6.45) is 2.47. The Morgan fingerprint density at radius 2 is 1.82 bits per heavy atom. The zero-order chi connectivity index (χ0) is 24.3. The van der Waals surface area contributed by atoms with Gasteiger partial charge >= 0.3 is 0 Å². The summed E-state index contributed by atoms with van der Waals surface area (Å²) in [6, 6.07) is 18.1. The lowest BCUT2D eigenvalue weighted by Gasteiger charge is -2.15. The average molecular weight is 546 g/mol. The van der Waals surface area contributed by atoms with Crippen LogP contribution in [0.15, 0.2) is 70.2 Å². The Morgan fingerprint density at radius 3 is 2.53 bits per heavy atom. The fourth-order valence-electron chi connectivity index (χ4n) is 2.98. The summed E-state index contributed by atoms with van der Waals surface area (Å²) >= 11 is 9.77. The molecule has 0 saturated carbocycles. The van der Waals surface area contributed by atoms with Crippen LogP contribution in [0.5, 0.6) is 17.2 Å². The molecular formula is C26H26BrClN2O4. The van der Waals surface area contributed by atoms with Crippen molar-refractivity contribution in [1.29, 1.82) is 0 Å². The highest BCUT2D eigenvalue weighted by atomic mass is 79.9. The van der Waals surface area contributed by atoms with Crippen molar-refractivity contribution in [2.45, 2.75) is 26.9 Å². The summed E-state index contributed by atoms with van der Waals surface area (Å²) in [7, 11) is 0. The third-order valence-electron chi connectivity index (χ3n) is 4.63. The molecule has 3 aromatic carbocycles. The molecule has 0 aliphatic rings. The number of rotatable bonds is 11. The van der Waals surface area contributed by atoms with Gasteiger partial charge in [0.25, 0.3) is 5.91 Å². The number of benzene rings is 3. The van der Waals surface area contributed by atoms with E-state index in [4.69, 9.17) is 25.8 Å². The SMILES string of the molecule is CCCOc1ccc(C(=O)N/N=C/c2cc(Br)c(OCc3ccccc3Cl)c(OCC)c2)cc1. The Balaban J connectivity index is 1.67. The van der Waals surface area contributed by atoms with Crippen LogP contribution in [0.25, 0.3) is 0 Å². The molecule has 0 aromatic heterocycles. The van der Waals surface area contributed by atoms with E-state index >= 15 is 0 Å². The van der Waals surface area contributed by atoms with Crippen molar-refractivity contribution in [2.24, 2.45) is 5.10 Å². The van der Waals surface area contributed by atoms with Gasteiger partial charge in [-0.3, -0.25) is 4.79 Å². The first-order chi connectivity index (χ1) is 16.5. The number of carbonyl (C=O) groups is 1. The van der Waals surface area contributed by atoms with Crippen molar-refractivity contribution >= 4 is 39.7 Å². The molecule has 34 heavy (non-hydrogen) atoms. The summed E-state index contributed by atoms with van der Waals surface area (Å²) in [5, 5.41) is 4.71. The minimum Gasteiger partial charge on any atom is -0.494 e. The Hall–Kier alpha value is -3.03. The highest BCUT2D eigenvalue weighted by Crippen LogP contribution is 2.37. The van der Waals surface area contributed by atoms with Crippen LogP contribution in [0.2, 0.25) is 5.02 Å². The second-order valence-corrected chi connectivity index (χ2v) is 8.48. The molecule has 0 aliphatic carbocycles. The lowest BCUT2D eigenvalue weighted by atomic mass is 10.2. The molecule has 0 radical (unpaired) electrons. The molecule has 0 bridgehead atoms. The fraction of sp³-hybridized carbons (Fsp3) is 0.231. The van der Waals surface area contributed by atoms with E-state index in [0.717, 1.165) is 23.3 Å². The van der Waals surface area contributed by atoms with Crippen molar-refractivity contribution in [2.75, 3.05) is 13.2 Å². The van der Waals surface area contributed by atoms with Crippen molar-refractivity contribution in [3.05, 3.63) is 86.8 Å². The summed E-state index contributed by atoms with van der Waals surface area (Å²) in [6.45, 7) is 5.33. The Labute approximate surface area is 213 Å². The largest absolute Gasteiger partial charge is 0.494 e. The van der Waals surface area contributed by atoms with Crippen LogP contribution < -0.4 is 19.6 Å². The lowest BCUT2D eigenvalue weighted by molar-refractivity contribution is 0.0955. The fourth-order valence-corrected chi connectivity index (χ4v) is 3.75. The van der Waals surface area contributed by atoms with Gasteiger partial charge in [0, 0.05) is 16.1 Å². The quantitative estimate of drug-likeness (QED) is 0.217. The normalized spacial score (nSPS) is 10.8. The third kappa shape index (κ3) is 7.23. The number of nitrogens with zero attached hydrogens (tertiary/aromatic N) is 1. The molecule has 0 fully saturated rings. The van der Waals surface area contributed by atoms with Crippen LogP contribution in [-0.2, 0) is 6.61 Å². The van der Waals surface area contributed by atoms with Gasteiger partial charge in [-0.2, -0.15) is 5.10 Å². The van der Waals surface area contributed by atoms with Gasteiger partial charge in [0.05, 0.1) is 23.9 Å². The van der Waals surface area contributed by atoms with Gasteiger partial charge < -0.3 is 14.2 Å². The summed E-state index contributed by atoms with van der Waals surface area (Å²) < 4.78 is 18.0. The van der Waals surface area contributed by atoms with E-state index in [9.17, 15) is 4.79 Å². The van der Waals surface area contributed by atoms with Crippen LogP contribution in [-0.4, -0.2) is 25.3 Å². The Bertz CT molecular complexity index is 1140. The minimum absolute atomic E-state index is 0.296. The number of halogens is 2. The molecular weight excluding hydrogens is 520 g/mol. The van der Waals surface area contributed by atoms with E-state index < -0.39 is 0 Å². The number of ether oxygens (including phenoxy) is 3. The maximum absolute atomic E-state index is 12.4. The van der Waals surface area contributed by atoms with Gasteiger partial charge in [0.15, 0.2) is 11.5 Å². The van der Waals surface area contributed by atoms with Gasteiger partial charge in [0.1, 0.15) is 12.4 Å². The lowest BCUT2D eigenvalue weighted by Crippen LogP contribution is -2.17. The van der Waals surface area contributed by atoms with Crippen molar-refractivity contribution in [3.8, 4) is 17.2 Å². The molecule has 3 aromatic rings. The van der Waals surface area contributed by atoms with E-state index in [1.807, 2.05) is 44.2 Å². The molecule has 0 heterocycles. The van der Waals surface area contributed by atoms with E-state index in [2.05, 4.69) is 26.5 Å². The second kappa shape index (κ2) is 13.0. The highest BCUT2D eigenvalue weighted by Gasteiger charge is 2.13. The van der Waals surface area contributed by atoms with Gasteiger partial charge in [0.2, 0.25) is 0 Å². The monoisotopic (exact) mass is 544 g/mol. The van der Waals surface area contributed by atoms with Gasteiger partial charge in [-0.15, -0.1) is 0 Å². The molecule has 0 unspecified atom stereocenters. The molecule has 3 rings (SSSR count). The minimum atomic E-state index is -0.318. The Kier molecular flexibility index (Phi) is 9.79. The number of hydrogen-bond acceptors (Lipinski definition) is 5. The van der Waals surface area contributed by atoms with E-state index in [1.54, 1.807) is 36.5 Å². The topological polar surface area (TPSA) is 69.2 Å².